The first-order chi connectivity index (χ1) is 9.38. The molecule has 4 nitrogen and oxygen atoms in total. The van der Waals surface area contributed by atoms with Gasteiger partial charge < -0.3 is 15.4 Å². The quantitative estimate of drug-likeness (QED) is 0.795. The van der Waals surface area contributed by atoms with Gasteiger partial charge in [-0.3, -0.25) is 0 Å². The summed E-state index contributed by atoms with van der Waals surface area (Å²) in [6, 6.07) is 7.80. The Morgan fingerprint density at radius 2 is 2.00 bits per heavy atom. The number of likely N-dealkylation sites (tertiary alicyclic amines) is 1. The second kappa shape index (κ2) is 5.73. The molecule has 1 amide bonds. The van der Waals surface area contributed by atoms with E-state index >= 15 is 0 Å². The van der Waals surface area contributed by atoms with E-state index in [0.29, 0.717) is 0 Å². The maximum atomic E-state index is 12.4. The summed E-state index contributed by atoms with van der Waals surface area (Å²) in [5.74, 6) is 0. The molecule has 0 aliphatic carbocycles. The largest absolute Gasteiger partial charge is 0.444 e. The smallest absolute Gasteiger partial charge is 0.410 e. The van der Waals surface area contributed by atoms with Crippen LogP contribution >= 0.6 is 0 Å². The maximum Gasteiger partial charge on any atom is 0.410 e. The highest BCUT2D eigenvalue weighted by molar-refractivity contribution is 5.69. The molecular formula is C16H24N2O2. The summed E-state index contributed by atoms with van der Waals surface area (Å²) in [4.78, 5) is 14.2. The van der Waals surface area contributed by atoms with Crippen LogP contribution in [0.3, 0.4) is 0 Å². The van der Waals surface area contributed by atoms with E-state index in [2.05, 4.69) is 0 Å². The van der Waals surface area contributed by atoms with Gasteiger partial charge in [-0.1, -0.05) is 18.2 Å². The van der Waals surface area contributed by atoms with E-state index in [0.717, 1.165) is 37.1 Å². The summed E-state index contributed by atoms with van der Waals surface area (Å²) in [5.41, 5.74) is 7.36. The van der Waals surface area contributed by atoms with Gasteiger partial charge in [0.25, 0.3) is 0 Å². The highest BCUT2D eigenvalue weighted by atomic mass is 16.6. The van der Waals surface area contributed by atoms with Crippen LogP contribution in [0.25, 0.3) is 0 Å². The molecule has 1 aliphatic heterocycles. The van der Waals surface area contributed by atoms with Gasteiger partial charge in [0, 0.05) is 12.2 Å². The van der Waals surface area contributed by atoms with Crippen molar-refractivity contribution >= 4 is 11.8 Å². The summed E-state index contributed by atoms with van der Waals surface area (Å²) in [6.45, 7) is 6.40. The molecule has 4 heteroatoms. The average Bonchev–Trinajstić information content (AvgIpc) is 2.37. The van der Waals surface area contributed by atoms with Crippen LogP contribution in [-0.2, 0) is 4.74 Å². The molecule has 110 valence electrons. The van der Waals surface area contributed by atoms with Gasteiger partial charge in [0.15, 0.2) is 0 Å². The van der Waals surface area contributed by atoms with Gasteiger partial charge in [-0.05, 0) is 51.7 Å². The number of ether oxygens (including phenoxy) is 1. The van der Waals surface area contributed by atoms with Gasteiger partial charge in [0.1, 0.15) is 5.60 Å². The van der Waals surface area contributed by atoms with Crippen LogP contribution in [-0.4, -0.2) is 23.1 Å². The second-order valence-electron chi connectivity index (χ2n) is 6.31. The van der Waals surface area contributed by atoms with Gasteiger partial charge in [-0.2, -0.15) is 0 Å². The predicted molar refractivity (Wildman–Crippen MR) is 80.4 cm³/mol. The van der Waals surface area contributed by atoms with Gasteiger partial charge >= 0.3 is 6.09 Å². The van der Waals surface area contributed by atoms with Crippen molar-refractivity contribution in [1.29, 1.82) is 0 Å². The number of amides is 1. The lowest BCUT2D eigenvalue weighted by Crippen LogP contribution is -2.42. The molecule has 1 aliphatic rings. The van der Waals surface area contributed by atoms with Crippen LogP contribution in [0, 0.1) is 0 Å². The first-order valence-electron chi connectivity index (χ1n) is 7.22. The lowest BCUT2D eigenvalue weighted by atomic mass is 9.94. The minimum Gasteiger partial charge on any atom is -0.444 e. The van der Waals surface area contributed by atoms with Crippen LogP contribution in [0.2, 0.25) is 0 Å². The highest BCUT2D eigenvalue weighted by Gasteiger charge is 2.32. The number of carbonyl (C=O) groups is 1. The molecule has 0 radical (unpaired) electrons. The third-order valence-corrected chi connectivity index (χ3v) is 3.49. The van der Waals surface area contributed by atoms with Crippen molar-refractivity contribution in [2.45, 2.75) is 51.7 Å². The van der Waals surface area contributed by atoms with E-state index in [1.54, 1.807) is 0 Å². The highest BCUT2D eigenvalue weighted by Crippen LogP contribution is 2.34. The molecule has 20 heavy (non-hydrogen) atoms. The van der Waals surface area contributed by atoms with E-state index in [9.17, 15) is 4.79 Å². The zero-order chi connectivity index (χ0) is 14.8. The molecule has 0 bridgehead atoms. The molecule has 0 aromatic heterocycles. The Kier molecular flexibility index (Phi) is 4.21. The Balaban J connectivity index is 2.22. The molecule has 1 aromatic carbocycles. The van der Waals surface area contributed by atoms with Gasteiger partial charge in [-0.25, -0.2) is 4.79 Å². The number of nitrogen functional groups attached to an aromatic ring is 1. The zero-order valence-electron chi connectivity index (χ0n) is 12.6. The number of piperidine rings is 1. The molecule has 0 unspecified atom stereocenters. The van der Waals surface area contributed by atoms with Crippen molar-refractivity contribution in [3.05, 3.63) is 29.8 Å². The topological polar surface area (TPSA) is 55.6 Å². The molecule has 2 rings (SSSR count). The van der Waals surface area contributed by atoms with Gasteiger partial charge in [0.05, 0.1) is 6.04 Å². The zero-order valence-corrected chi connectivity index (χ0v) is 12.6. The van der Waals surface area contributed by atoms with Crippen LogP contribution in [0.4, 0.5) is 10.5 Å². The number of hydrogen-bond donors (Lipinski definition) is 1. The summed E-state index contributed by atoms with van der Waals surface area (Å²) in [5, 5.41) is 0. The average molecular weight is 276 g/mol. The van der Waals surface area contributed by atoms with Crippen LogP contribution in [0.1, 0.15) is 51.6 Å². The number of nitrogens with zero attached hydrogens (tertiary/aromatic N) is 1. The van der Waals surface area contributed by atoms with E-state index in [1.165, 1.54) is 0 Å². The van der Waals surface area contributed by atoms with Crippen LogP contribution < -0.4 is 5.73 Å². The van der Waals surface area contributed by atoms with E-state index < -0.39 is 5.60 Å². The molecule has 1 atom stereocenters. The first-order valence-corrected chi connectivity index (χ1v) is 7.22. The molecule has 1 aromatic rings. The minimum absolute atomic E-state index is 0.0276. The Morgan fingerprint density at radius 3 is 2.65 bits per heavy atom. The molecular weight excluding hydrogens is 252 g/mol. The van der Waals surface area contributed by atoms with Crippen molar-refractivity contribution in [2.75, 3.05) is 12.3 Å². The van der Waals surface area contributed by atoms with E-state index in [-0.39, 0.29) is 12.1 Å². The van der Waals surface area contributed by atoms with Crippen LogP contribution in [0.5, 0.6) is 0 Å². The number of anilines is 1. The first kappa shape index (κ1) is 14.7. The summed E-state index contributed by atoms with van der Waals surface area (Å²) < 4.78 is 5.51. The van der Waals surface area contributed by atoms with Crippen molar-refractivity contribution in [2.24, 2.45) is 0 Å². The Labute approximate surface area is 120 Å². The standard InChI is InChI=1S/C16H24N2O2/c1-16(2,3)20-15(19)18-11-7-6-10-14(18)12-8-4-5-9-13(12)17/h4-5,8-9,14H,6-7,10-11,17H2,1-3H3/t14-/m0/s1. The van der Waals surface area contributed by atoms with Crippen LogP contribution in [0.15, 0.2) is 24.3 Å². The van der Waals surface area contributed by atoms with Crippen molar-refractivity contribution in [3.8, 4) is 0 Å². The number of carbonyl (C=O) groups excluding carboxylic acids is 1. The third-order valence-electron chi connectivity index (χ3n) is 3.49. The van der Waals surface area contributed by atoms with Crippen molar-refractivity contribution in [3.63, 3.8) is 0 Å². The molecule has 1 saturated heterocycles. The van der Waals surface area contributed by atoms with E-state index in [1.807, 2.05) is 49.9 Å². The fraction of sp³-hybridized carbons (Fsp3) is 0.562. The summed E-state index contributed by atoms with van der Waals surface area (Å²) in [7, 11) is 0. The summed E-state index contributed by atoms with van der Waals surface area (Å²) in [6.07, 6.45) is 2.82. The lowest BCUT2D eigenvalue weighted by Gasteiger charge is -2.37. The number of para-hydroxylation sites is 1. The van der Waals surface area contributed by atoms with Gasteiger partial charge in [-0.15, -0.1) is 0 Å². The van der Waals surface area contributed by atoms with Gasteiger partial charge in [0.2, 0.25) is 0 Å². The van der Waals surface area contributed by atoms with E-state index in [4.69, 9.17) is 10.5 Å². The second-order valence-corrected chi connectivity index (χ2v) is 6.31. The fourth-order valence-corrected chi connectivity index (χ4v) is 2.61. The number of benzene rings is 1. The predicted octanol–water partition coefficient (Wildman–Crippen LogP) is 3.73. The number of rotatable bonds is 1. The SMILES string of the molecule is CC(C)(C)OC(=O)N1CCCC[C@H]1c1ccccc1N. The molecule has 1 heterocycles. The monoisotopic (exact) mass is 276 g/mol. The number of hydrogen-bond acceptors (Lipinski definition) is 3. The normalized spacial score (nSPS) is 19.8. The molecule has 2 N–H and O–H groups in total. The Hall–Kier alpha value is -1.71. The third kappa shape index (κ3) is 3.44. The Bertz CT molecular complexity index is 480. The Morgan fingerprint density at radius 1 is 1.30 bits per heavy atom. The molecule has 1 fully saturated rings. The maximum absolute atomic E-state index is 12.4. The fourth-order valence-electron chi connectivity index (χ4n) is 2.61. The van der Waals surface area contributed by atoms with Crippen molar-refractivity contribution < 1.29 is 9.53 Å². The number of nitrogens with two attached hydrogens (primary N) is 1. The lowest BCUT2D eigenvalue weighted by molar-refractivity contribution is 0.00961. The molecule has 0 spiro atoms. The minimum atomic E-state index is -0.471. The van der Waals surface area contributed by atoms with Crippen molar-refractivity contribution in [1.82, 2.24) is 4.90 Å². The summed E-state index contributed by atoms with van der Waals surface area (Å²) >= 11 is 0. The molecule has 0 saturated carbocycles.